The molecule has 0 amide bonds. The largest absolute Gasteiger partial charge is 0.472 e. The van der Waals surface area contributed by atoms with E-state index in [2.05, 4.69) is 4.98 Å². The SMILES string of the molecule is CN(Cc1ccoc1)c1cc(CO)ccn1. The maximum absolute atomic E-state index is 9.04. The summed E-state index contributed by atoms with van der Waals surface area (Å²) in [6, 6.07) is 5.60. The Balaban J connectivity index is 2.11. The molecular weight excluding hydrogens is 204 g/mol. The Morgan fingerprint density at radius 2 is 2.25 bits per heavy atom. The van der Waals surface area contributed by atoms with E-state index in [1.54, 1.807) is 24.8 Å². The molecule has 0 spiro atoms. The van der Waals surface area contributed by atoms with Crippen molar-refractivity contribution in [3.8, 4) is 0 Å². The fourth-order valence-electron chi connectivity index (χ4n) is 1.51. The molecule has 0 saturated carbocycles. The van der Waals surface area contributed by atoms with Crippen molar-refractivity contribution in [2.24, 2.45) is 0 Å². The van der Waals surface area contributed by atoms with Crippen LogP contribution in [0.5, 0.6) is 0 Å². The quantitative estimate of drug-likeness (QED) is 0.850. The predicted octanol–water partition coefficient (Wildman–Crippen LogP) is 1.80. The van der Waals surface area contributed by atoms with Crippen LogP contribution in [-0.4, -0.2) is 17.1 Å². The summed E-state index contributed by atoms with van der Waals surface area (Å²) in [5, 5.41) is 9.04. The number of hydrogen-bond donors (Lipinski definition) is 1. The molecule has 0 aromatic carbocycles. The molecule has 0 aliphatic rings. The number of anilines is 1. The van der Waals surface area contributed by atoms with E-state index in [0.717, 1.165) is 23.5 Å². The molecule has 4 nitrogen and oxygen atoms in total. The number of rotatable bonds is 4. The van der Waals surface area contributed by atoms with Crippen LogP contribution in [0.2, 0.25) is 0 Å². The fourth-order valence-corrected chi connectivity index (χ4v) is 1.51. The Morgan fingerprint density at radius 3 is 2.94 bits per heavy atom. The third-order valence-corrected chi connectivity index (χ3v) is 2.38. The Morgan fingerprint density at radius 1 is 1.38 bits per heavy atom. The molecule has 0 aliphatic heterocycles. The van der Waals surface area contributed by atoms with Gasteiger partial charge in [0.15, 0.2) is 0 Å². The molecule has 2 heterocycles. The summed E-state index contributed by atoms with van der Waals surface area (Å²) >= 11 is 0. The average Bonchev–Trinajstić information content (AvgIpc) is 2.82. The molecule has 0 bridgehead atoms. The Hall–Kier alpha value is -1.81. The second kappa shape index (κ2) is 4.81. The average molecular weight is 218 g/mol. The highest BCUT2D eigenvalue weighted by molar-refractivity contribution is 5.40. The molecule has 84 valence electrons. The lowest BCUT2D eigenvalue weighted by molar-refractivity contribution is 0.281. The van der Waals surface area contributed by atoms with Crippen molar-refractivity contribution >= 4 is 5.82 Å². The van der Waals surface area contributed by atoms with Crippen molar-refractivity contribution in [1.29, 1.82) is 0 Å². The summed E-state index contributed by atoms with van der Waals surface area (Å²) in [7, 11) is 1.95. The lowest BCUT2D eigenvalue weighted by atomic mass is 10.2. The molecule has 16 heavy (non-hydrogen) atoms. The molecule has 2 rings (SSSR count). The minimum absolute atomic E-state index is 0.0368. The Kier molecular flexibility index (Phi) is 3.22. The van der Waals surface area contributed by atoms with Gasteiger partial charge in [-0.15, -0.1) is 0 Å². The summed E-state index contributed by atoms with van der Waals surface area (Å²) in [5.41, 5.74) is 1.96. The van der Waals surface area contributed by atoms with Crippen molar-refractivity contribution in [3.05, 3.63) is 48.0 Å². The third-order valence-electron chi connectivity index (χ3n) is 2.38. The molecule has 0 radical (unpaired) electrons. The zero-order valence-corrected chi connectivity index (χ0v) is 9.13. The summed E-state index contributed by atoms with van der Waals surface area (Å²) in [6.07, 6.45) is 5.07. The smallest absolute Gasteiger partial charge is 0.128 e. The lowest BCUT2D eigenvalue weighted by Crippen LogP contribution is -2.17. The van der Waals surface area contributed by atoms with E-state index in [1.165, 1.54) is 0 Å². The normalized spacial score (nSPS) is 10.4. The molecule has 0 saturated heterocycles. The van der Waals surface area contributed by atoms with Crippen molar-refractivity contribution < 1.29 is 9.52 Å². The van der Waals surface area contributed by atoms with Crippen LogP contribution >= 0.6 is 0 Å². The number of aliphatic hydroxyl groups is 1. The second-order valence-corrected chi connectivity index (χ2v) is 3.67. The zero-order valence-electron chi connectivity index (χ0n) is 9.13. The fraction of sp³-hybridized carbons (Fsp3) is 0.250. The molecular formula is C12H14N2O2. The third kappa shape index (κ3) is 2.41. The maximum atomic E-state index is 9.04. The number of pyridine rings is 1. The monoisotopic (exact) mass is 218 g/mol. The topological polar surface area (TPSA) is 49.5 Å². The highest BCUT2D eigenvalue weighted by atomic mass is 16.3. The van der Waals surface area contributed by atoms with Crippen molar-refractivity contribution in [1.82, 2.24) is 4.98 Å². The van der Waals surface area contributed by atoms with Gasteiger partial charge in [0.1, 0.15) is 5.82 Å². The standard InChI is InChI=1S/C12H14N2O2/c1-14(7-11-3-5-16-9-11)12-6-10(8-15)2-4-13-12/h2-6,9,15H,7-8H2,1H3. The van der Waals surface area contributed by atoms with E-state index >= 15 is 0 Å². The van der Waals surface area contributed by atoms with Crippen molar-refractivity contribution in [2.45, 2.75) is 13.2 Å². The van der Waals surface area contributed by atoms with Crippen LogP contribution in [0, 0.1) is 0 Å². The van der Waals surface area contributed by atoms with Gasteiger partial charge in [-0.25, -0.2) is 4.98 Å². The molecule has 2 aromatic rings. The van der Waals surface area contributed by atoms with E-state index in [9.17, 15) is 0 Å². The van der Waals surface area contributed by atoms with E-state index in [4.69, 9.17) is 9.52 Å². The number of aromatic nitrogens is 1. The van der Waals surface area contributed by atoms with Crippen LogP contribution in [0.25, 0.3) is 0 Å². The van der Waals surface area contributed by atoms with Gasteiger partial charge in [0, 0.05) is 25.4 Å². The van der Waals surface area contributed by atoms with Crippen LogP contribution in [0.4, 0.5) is 5.82 Å². The number of aliphatic hydroxyl groups excluding tert-OH is 1. The van der Waals surface area contributed by atoms with Gasteiger partial charge in [-0.3, -0.25) is 0 Å². The van der Waals surface area contributed by atoms with Crippen molar-refractivity contribution in [2.75, 3.05) is 11.9 Å². The number of nitrogens with zero attached hydrogens (tertiary/aromatic N) is 2. The minimum atomic E-state index is 0.0368. The maximum Gasteiger partial charge on any atom is 0.128 e. The summed E-state index contributed by atoms with van der Waals surface area (Å²) in [5.74, 6) is 0.841. The molecule has 0 fully saturated rings. The first-order valence-corrected chi connectivity index (χ1v) is 5.07. The first-order valence-electron chi connectivity index (χ1n) is 5.07. The second-order valence-electron chi connectivity index (χ2n) is 3.67. The molecule has 0 atom stereocenters. The van der Waals surface area contributed by atoms with E-state index in [0.29, 0.717) is 0 Å². The molecule has 0 aliphatic carbocycles. The van der Waals surface area contributed by atoms with Gasteiger partial charge in [-0.05, 0) is 23.8 Å². The van der Waals surface area contributed by atoms with Gasteiger partial charge < -0.3 is 14.4 Å². The van der Waals surface area contributed by atoms with Gasteiger partial charge in [0.25, 0.3) is 0 Å². The van der Waals surface area contributed by atoms with Crippen LogP contribution in [-0.2, 0) is 13.2 Å². The van der Waals surface area contributed by atoms with Crippen LogP contribution in [0.3, 0.4) is 0 Å². The number of furan rings is 1. The predicted molar refractivity (Wildman–Crippen MR) is 61.0 cm³/mol. The van der Waals surface area contributed by atoms with E-state index in [1.807, 2.05) is 24.1 Å². The first kappa shape index (κ1) is 10.7. The van der Waals surface area contributed by atoms with Gasteiger partial charge in [0.05, 0.1) is 19.1 Å². The van der Waals surface area contributed by atoms with Crippen LogP contribution in [0.15, 0.2) is 41.3 Å². The summed E-state index contributed by atoms with van der Waals surface area (Å²) in [6.45, 7) is 0.771. The van der Waals surface area contributed by atoms with Crippen LogP contribution in [0.1, 0.15) is 11.1 Å². The van der Waals surface area contributed by atoms with Gasteiger partial charge in [0.2, 0.25) is 0 Å². The summed E-state index contributed by atoms with van der Waals surface area (Å²) in [4.78, 5) is 6.26. The van der Waals surface area contributed by atoms with Crippen molar-refractivity contribution in [3.63, 3.8) is 0 Å². The van der Waals surface area contributed by atoms with E-state index in [-0.39, 0.29) is 6.61 Å². The van der Waals surface area contributed by atoms with Crippen LogP contribution < -0.4 is 4.90 Å². The number of hydrogen-bond acceptors (Lipinski definition) is 4. The molecule has 0 unspecified atom stereocenters. The minimum Gasteiger partial charge on any atom is -0.472 e. The molecule has 1 N–H and O–H groups in total. The Labute approximate surface area is 94.2 Å². The Bertz CT molecular complexity index is 440. The van der Waals surface area contributed by atoms with Gasteiger partial charge in [-0.1, -0.05) is 0 Å². The first-order chi connectivity index (χ1) is 7.79. The summed E-state index contributed by atoms with van der Waals surface area (Å²) < 4.78 is 5.01. The highest BCUT2D eigenvalue weighted by Gasteiger charge is 2.04. The highest BCUT2D eigenvalue weighted by Crippen LogP contribution is 2.14. The lowest BCUT2D eigenvalue weighted by Gasteiger charge is -2.17. The zero-order chi connectivity index (χ0) is 11.4. The molecule has 4 heteroatoms. The van der Waals surface area contributed by atoms with E-state index < -0.39 is 0 Å². The van der Waals surface area contributed by atoms with Gasteiger partial charge >= 0.3 is 0 Å². The molecule has 2 aromatic heterocycles. The van der Waals surface area contributed by atoms with Gasteiger partial charge in [-0.2, -0.15) is 0 Å².